The van der Waals surface area contributed by atoms with Gasteiger partial charge in [0.2, 0.25) is 0 Å². The number of hydrogen-bond acceptors (Lipinski definition) is 3. The van der Waals surface area contributed by atoms with Gasteiger partial charge in [-0.1, -0.05) is 27.2 Å². The zero-order valence-electron chi connectivity index (χ0n) is 19.0. The molecule has 0 spiro atoms. The van der Waals surface area contributed by atoms with Crippen molar-refractivity contribution in [1.29, 1.82) is 0 Å². The minimum absolute atomic E-state index is 0. The lowest BCUT2D eigenvalue weighted by Crippen LogP contribution is -2.47. The van der Waals surface area contributed by atoms with Gasteiger partial charge in [0.05, 0.1) is 0 Å². The Hall–Kier alpha value is -0.930. The summed E-state index contributed by atoms with van der Waals surface area (Å²) in [5, 5.41) is 0. The molecule has 0 aromatic heterocycles. The van der Waals surface area contributed by atoms with Gasteiger partial charge in [0.15, 0.2) is 0 Å². The molecule has 1 aliphatic carbocycles. The maximum absolute atomic E-state index is 2.69. The third kappa shape index (κ3) is 5.41. The van der Waals surface area contributed by atoms with Crippen LogP contribution in [0.2, 0.25) is 0 Å². The first-order chi connectivity index (χ1) is 13.6. The van der Waals surface area contributed by atoms with Gasteiger partial charge in [0.25, 0.3) is 0 Å². The van der Waals surface area contributed by atoms with Crippen molar-refractivity contribution in [2.75, 3.05) is 55.6 Å². The highest BCUT2D eigenvalue weighted by Gasteiger charge is 2.31. The molecule has 4 heteroatoms. The van der Waals surface area contributed by atoms with Crippen molar-refractivity contribution in [1.82, 2.24) is 4.90 Å². The summed E-state index contributed by atoms with van der Waals surface area (Å²) in [4.78, 5) is 7.91. The molecule has 1 aromatic rings. The molecule has 4 rings (SSSR count). The fourth-order valence-electron chi connectivity index (χ4n) is 5.23. The average molecular weight is 420 g/mol. The Labute approximate surface area is 185 Å². The Morgan fingerprint density at radius 2 is 1.62 bits per heavy atom. The molecule has 2 saturated heterocycles. The normalized spacial score (nSPS) is 22.9. The van der Waals surface area contributed by atoms with E-state index in [2.05, 4.69) is 53.7 Å². The molecule has 2 heterocycles. The Kier molecular flexibility index (Phi) is 7.78. The van der Waals surface area contributed by atoms with Crippen LogP contribution in [0.25, 0.3) is 0 Å². The lowest BCUT2D eigenvalue weighted by atomic mass is 9.71. The number of piperazine rings is 1. The van der Waals surface area contributed by atoms with Gasteiger partial charge in [-0.25, -0.2) is 0 Å². The highest BCUT2D eigenvalue weighted by molar-refractivity contribution is 5.85. The van der Waals surface area contributed by atoms with Crippen LogP contribution in [0, 0.1) is 5.41 Å². The molecule has 0 N–H and O–H groups in total. The van der Waals surface area contributed by atoms with Crippen LogP contribution < -0.4 is 9.80 Å². The molecule has 3 aliphatic rings. The van der Waals surface area contributed by atoms with E-state index in [1.807, 2.05) is 0 Å². The van der Waals surface area contributed by atoms with Gasteiger partial charge in [-0.3, -0.25) is 4.90 Å². The number of benzene rings is 1. The third-order valence-corrected chi connectivity index (χ3v) is 7.55. The van der Waals surface area contributed by atoms with Gasteiger partial charge in [0.1, 0.15) is 0 Å². The molecular formula is C25H42ClN3. The van der Waals surface area contributed by atoms with Crippen LogP contribution in [0.3, 0.4) is 0 Å². The van der Waals surface area contributed by atoms with Crippen LogP contribution in [0.4, 0.5) is 11.4 Å². The standard InChI is InChI=1S/C25H41N3.ClH/c1-4-5-13-26-16-18-28(19-17-26)24-8-7-22(27-14-6-15-27)20-23(24)21-9-11-25(2,3)12-10-21;/h7-8,20-21H,4-6,9-19H2,1-3H3;1H. The summed E-state index contributed by atoms with van der Waals surface area (Å²) < 4.78 is 0. The summed E-state index contributed by atoms with van der Waals surface area (Å²) in [7, 11) is 0. The highest BCUT2D eigenvalue weighted by atomic mass is 35.5. The quantitative estimate of drug-likeness (QED) is 0.566. The molecule has 3 fully saturated rings. The average Bonchev–Trinajstić information content (AvgIpc) is 2.65. The summed E-state index contributed by atoms with van der Waals surface area (Å²) in [6.45, 7) is 15.8. The van der Waals surface area contributed by atoms with E-state index < -0.39 is 0 Å². The van der Waals surface area contributed by atoms with Crippen LogP contribution in [0.1, 0.15) is 77.2 Å². The largest absolute Gasteiger partial charge is 0.371 e. The van der Waals surface area contributed by atoms with Gasteiger partial charge in [-0.15, -0.1) is 12.4 Å². The van der Waals surface area contributed by atoms with Crippen molar-refractivity contribution < 1.29 is 0 Å². The maximum Gasteiger partial charge on any atom is 0.0404 e. The predicted octanol–water partition coefficient (Wildman–Crippen LogP) is 5.92. The fraction of sp³-hybridized carbons (Fsp3) is 0.760. The van der Waals surface area contributed by atoms with Gasteiger partial charge in [-0.05, 0) is 80.2 Å². The molecule has 0 radical (unpaired) electrons. The summed E-state index contributed by atoms with van der Waals surface area (Å²) in [5.74, 6) is 0.752. The molecule has 1 aromatic carbocycles. The summed E-state index contributed by atoms with van der Waals surface area (Å²) >= 11 is 0. The third-order valence-electron chi connectivity index (χ3n) is 7.55. The molecule has 0 amide bonds. The van der Waals surface area contributed by atoms with Crippen LogP contribution in [-0.4, -0.2) is 50.7 Å². The van der Waals surface area contributed by atoms with E-state index in [1.165, 1.54) is 96.4 Å². The van der Waals surface area contributed by atoms with E-state index in [1.54, 1.807) is 11.3 Å². The number of rotatable bonds is 6. The topological polar surface area (TPSA) is 9.72 Å². The van der Waals surface area contributed by atoms with Gasteiger partial charge in [-0.2, -0.15) is 0 Å². The minimum Gasteiger partial charge on any atom is -0.371 e. The number of nitrogens with zero attached hydrogens (tertiary/aromatic N) is 3. The van der Waals surface area contributed by atoms with E-state index in [0.29, 0.717) is 5.41 Å². The van der Waals surface area contributed by atoms with Crippen molar-refractivity contribution in [3.05, 3.63) is 23.8 Å². The molecule has 1 saturated carbocycles. The van der Waals surface area contributed by atoms with Crippen LogP contribution in [0.15, 0.2) is 18.2 Å². The summed E-state index contributed by atoms with van der Waals surface area (Å²) in [6.07, 6.45) is 9.47. The van der Waals surface area contributed by atoms with E-state index in [4.69, 9.17) is 0 Å². The molecule has 0 atom stereocenters. The predicted molar refractivity (Wildman–Crippen MR) is 129 cm³/mol. The number of hydrogen-bond donors (Lipinski definition) is 0. The molecule has 2 aliphatic heterocycles. The fourth-order valence-corrected chi connectivity index (χ4v) is 5.23. The Balaban J connectivity index is 0.00000240. The van der Waals surface area contributed by atoms with Crippen LogP contribution in [-0.2, 0) is 0 Å². The van der Waals surface area contributed by atoms with E-state index in [-0.39, 0.29) is 12.4 Å². The lowest BCUT2D eigenvalue weighted by molar-refractivity contribution is 0.224. The second kappa shape index (κ2) is 9.92. The highest BCUT2D eigenvalue weighted by Crippen LogP contribution is 2.46. The number of halogens is 1. The maximum atomic E-state index is 2.69. The van der Waals surface area contributed by atoms with E-state index in [0.717, 1.165) is 5.92 Å². The van der Waals surface area contributed by atoms with Gasteiger partial charge in [0, 0.05) is 50.6 Å². The van der Waals surface area contributed by atoms with E-state index >= 15 is 0 Å². The Bertz CT molecular complexity index is 637. The summed E-state index contributed by atoms with van der Waals surface area (Å²) in [5.41, 5.74) is 5.21. The minimum atomic E-state index is 0. The van der Waals surface area contributed by atoms with Gasteiger partial charge < -0.3 is 9.80 Å². The lowest BCUT2D eigenvalue weighted by Gasteiger charge is -2.41. The van der Waals surface area contributed by atoms with Crippen molar-refractivity contribution in [3.8, 4) is 0 Å². The first kappa shape index (κ1) is 22.7. The second-order valence-electron chi connectivity index (χ2n) is 10.2. The molecular weight excluding hydrogens is 378 g/mol. The second-order valence-corrected chi connectivity index (χ2v) is 10.2. The van der Waals surface area contributed by atoms with Crippen LogP contribution >= 0.6 is 12.4 Å². The number of unbranched alkanes of at least 4 members (excludes halogenated alkanes) is 1. The monoisotopic (exact) mass is 419 g/mol. The first-order valence-corrected chi connectivity index (χ1v) is 11.9. The zero-order valence-corrected chi connectivity index (χ0v) is 19.8. The zero-order chi connectivity index (χ0) is 19.6. The smallest absolute Gasteiger partial charge is 0.0404 e. The molecule has 29 heavy (non-hydrogen) atoms. The van der Waals surface area contributed by atoms with E-state index in [9.17, 15) is 0 Å². The summed E-state index contributed by atoms with van der Waals surface area (Å²) in [6, 6.07) is 7.43. The number of anilines is 2. The van der Waals surface area contributed by atoms with Crippen molar-refractivity contribution in [2.24, 2.45) is 5.41 Å². The van der Waals surface area contributed by atoms with Crippen molar-refractivity contribution >= 4 is 23.8 Å². The Morgan fingerprint density at radius 1 is 0.931 bits per heavy atom. The van der Waals surface area contributed by atoms with Crippen molar-refractivity contribution in [2.45, 2.75) is 71.6 Å². The molecule has 3 nitrogen and oxygen atoms in total. The molecule has 0 bridgehead atoms. The first-order valence-electron chi connectivity index (χ1n) is 11.9. The SMILES string of the molecule is CCCCN1CCN(c2ccc(N3CCC3)cc2C2CCC(C)(C)CC2)CC1.Cl. The van der Waals surface area contributed by atoms with Crippen molar-refractivity contribution in [3.63, 3.8) is 0 Å². The van der Waals surface area contributed by atoms with Gasteiger partial charge >= 0.3 is 0 Å². The Morgan fingerprint density at radius 3 is 2.21 bits per heavy atom. The molecule has 164 valence electrons. The molecule has 0 unspecified atom stereocenters. The van der Waals surface area contributed by atoms with Crippen LogP contribution in [0.5, 0.6) is 0 Å².